The van der Waals surface area contributed by atoms with Gasteiger partial charge in [-0.15, -0.1) is 0 Å². The Morgan fingerprint density at radius 1 is 1.61 bits per heavy atom. The maximum atomic E-state index is 13.8. The first kappa shape index (κ1) is 12.9. The summed E-state index contributed by atoms with van der Waals surface area (Å²) in [7, 11) is 1.33. The number of methoxy groups -OCH3 is 1. The van der Waals surface area contributed by atoms with E-state index in [1.54, 1.807) is 11.8 Å². The van der Waals surface area contributed by atoms with Crippen LogP contribution in [0.25, 0.3) is 0 Å². The number of rotatable bonds is 4. The highest BCUT2D eigenvalue weighted by Crippen LogP contribution is 2.33. The minimum absolute atomic E-state index is 0.0644. The molecule has 1 fully saturated rings. The number of benzene rings is 1. The van der Waals surface area contributed by atoms with Crippen LogP contribution in [0.15, 0.2) is 12.1 Å². The Morgan fingerprint density at radius 3 is 2.94 bits per heavy atom. The second kappa shape index (κ2) is 5.43. The molecule has 0 bridgehead atoms. The molecule has 1 N–H and O–H groups in total. The standard InChI is InChI=1S/C11H13FN2O3S/c1-17-11-5-9(13-7-2-3-18-6-7)8(12)4-10(11)14(15)16/h4-5,7,13H,2-3,6H2,1H3. The normalized spacial score (nSPS) is 18.7. The quantitative estimate of drug-likeness (QED) is 0.674. The first-order chi connectivity index (χ1) is 8.61. The van der Waals surface area contributed by atoms with E-state index >= 15 is 0 Å². The fourth-order valence-corrected chi connectivity index (χ4v) is 2.98. The van der Waals surface area contributed by atoms with Crippen LogP contribution in [-0.2, 0) is 0 Å². The van der Waals surface area contributed by atoms with Gasteiger partial charge in [-0.2, -0.15) is 11.8 Å². The van der Waals surface area contributed by atoms with Gasteiger partial charge in [-0.25, -0.2) is 4.39 Å². The summed E-state index contributed by atoms with van der Waals surface area (Å²) in [6, 6.07) is 2.44. The third kappa shape index (κ3) is 2.66. The fourth-order valence-electron chi connectivity index (χ4n) is 1.83. The summed E-state index contributed by atoms with van der Waals surface area (Å²) in [4.78, 5) is 10.1. The minimum atomic E-state index is -0.656. The molecule has 1 aliphatic rings. The van der Waals surface area contributed by atoms with E-state index in [0.717, 1.165) is 24.0 Å². The van der Waals surface area contributed by atoms with Gasteiger partial charge < -0.3 is 10.1 Å². The van der Waals surface area contributed by atoms with Gasteiger partial charge in [-0.1, -0.05) is 0 Å². The summed E-state index contributed by atoms with van der Waals surface area (Å²) >= 11 is 1.80. The second-order valence-corrected chi connectivity index (χ2v) is 5.12. The van der Waals surface area contributed by atoms with Crippen LogP contribution in [0, 0.1) is 15.9 Å². The molecule has 0 spiro atoms. The molecule has 2 rings (SSSR count). The number of nitro groups is 1. The Morgan fingerprint density at radius 2 is 2.39 bits per heavy atom. The maximum Gasteiger partial charge on any atom is 0.313 e. The molecule has 0 aromatic heterocycles. The van der Waals surface area contributed by atoms with Crippen molar-refractivity contribution >= 4 is 23.1 Å². The Labute approximate surface area is 108 Å². The predicted octanol–water partition coefficient (Wildman–Crippen LogP) is 2.66. The van der Waals surface area contributed by atoms with E-state index in [4.69, 9.17) is 4.74 Å². The van der Waals surface area contributed by atoms with E-state index in [2.05, 4.69) is 5.32 Å². The summed E-state index contributed by atoms with van der Waals surface area (Å²) in [5.74, 6) is 1.40. The predicted molar refractivity (Wildman–Crippen MR) is 69.0 cm³/mol. The molecule has 1 unspecified atom stereocenters. The summed E-state index contributed by atoms with van der Waals surface area (Å²) in [6.07, 6.45) is 0.962. The average molecular weight is 272 g/mol. The molecule has 1 atom stereocenters. The van der Waals surface area contributed by atoms with Crippen LogP contribution in [-0.4, -0.2) is 29.6 Å². The van der Waals surface area contributed by atoms with Gasteiger partial charge in [0.05, 0.1) is 23.8 Å². The van der Waals surface area contributed by atoms with Crippen LogP contribution < -0.4 is 10.1 Å². The number of nitro benzene ring substituents is 1. The molecule has 0 aliphatic carbocycles. The number of hydrogen-bond donors (Lipinski definition) is 1. The monoisotopic (exact) mass is 272 g/mol. The van der Waals surface area contributed by atoms with Crippen molar-refractivity contribution in [3.63, 3.8) is 0 Å². The molecule has 0 saturated carbocycles. The summed E-state index contributed by atoms with van der Waals surface area (Å²) < 4.78 is 18.7. The zero-order valence-electron chi connectivity index (χ0n) is 9.81. The minimum Gasteiger partial charge on any atom is -0.490 e. The second-order valence-electron chi connectivity index (χ2n) is 3.97. The molecule has 1 aliphatic heterocycles. The molecule has 1 heterocycles. The average Bonchev–Trinajstić information content (AvgIpc) is 2.83. The molecular formula is C11H13FN2O3S. The number of nitrogens with one attached hydrogen (secondary N) is 1. The van der Waals surface area contributed by atoms with Gasteiger partial charge in [0.25, 0.3) is 0 Å². The summed E-state index contributed by atoms with van der Waals surface area (Å²) in [5.41, 5.74) is -0.105. The molecule has 1 saturated heterocycles. The number of thioether (sulfide) groups is 1. The Hall–Kier alpha value is -1.50. The molecular weight excluding hydrogens is 259 g/mol. The first-order valence-electron chi connectivity index (χ1n) is 5.48. The van der Waals surface area contributed by atoms with E-state index in [9.17, 15) is 14.5 Å². The van der Waals surface area contributed by atoms with E-state index < -0.39 is 10.7 Å². The third-order valence-electron chi connectivity index (χ3n) is 2.75. The molecule has 7 heteroatoms. The maximum absolute atomic E-state index is 13.8. The highest BCUT2D eigenvalue weighted by molar-refractivity contribution is 7.99. The first-order valence-corrected chi connectivity index (χ1v) is 6.63. The van der Waals surface area contributed by atoms with Gasteiger partial charge in [0.2, 0.25) is 0 Å². The van der Waals surface area contributed by atoms with Crippen LogP contribution in [0.1, 0.15) is 6.42 Å². The highest BCUT2D eigenvalue weighted by Gasteiger charge is 2.22. The topological polar surface area (TPSA) is 64.4 Å². The van der Waals surface area contributed by atoms with Crippen molar-refractivity contribution < 1.29 is 14.1 Å². The zero-order chi connectivity index (χ0) is 13.1. The van der Waals surface area contributed by atoms with E-state index in [0.29, 0.717) is 0 Å². The van der Waals surface area contributed by atoms with E-state index in [1.807, 2.05) is 0 Å². The Bertz CT molecular complexity index is 464. The molecule has 18 heavy (non-hydrogen) atoms. The lowest BCUT2D eigenvalue weighted by molar-refractivity contribution is -0.385. The lowest BCUT2D eigenvalue weighted by Crippen LogP contribution is -2.19. The lowest BCUT2D eigenvalue weighted by atomic mass is 10.2. The molecule has 0 radical (unpaired) electrons. The van der Waals surface area contributed by atoms with Crippen LogP contribution in [0.4, 0.5) is 15.8 Å². The Kier molecular flexibility index (Phi) is 3.90. The molecule has 1 aromatic carbocycles. The number of hydrogen-bond acceptors (Lipinski definition) is 5. The van der Waals surface area contributed by atoms with Gasteiger partial charge in [-0.05, 0) is 12.2 Å². The molecule has 0 amide bonds. The van der Waals surface area contributed by atoms with Gasteiger partial charge in [0.15, 0.2) is 11.6 Å². The van der Waals surface area contributed by atoms with Gasteiger partial charge in [-0.3, -0.25) is 10.1 Å². The van der Waals surface area contributed by atoms with Gasteiger partial charge in [0, 0.05) is 17.9 Å². The lowest BCUT2D eigenvalue weighted by Gasteiger charge is -2.14. The molecule has 1 aromatic rings. The van der Waals surface area contributed by atoms with E-state index in [1.165, 1.54) is 13.2 Å². The van der Waals surface area contributed by atoms with Crippen LogP contribution in [0.2, 0.25) is 0 Å². The fraction of sp³-hybridized carbons (Fsp3) is 0.455. The highest BCUT2D eigenvalue weighted by atomic mass is 32.2. The number of ether oxygens (including phenoxy) is 1. The largest absolute Gasteiger partial charge is 0.490 e. The smallest absolute Gasteiger partial charge is 0.313 e. The van der Waals surface area contributed by atoms with Crippen LogP contribution >= 0.6 is 11.8 Å². The van der Waals surface area contributed by atoms with Gasteiger partial charge >= 0.3 is 5.69 Å². The van der Waals surface area contributed by atoms with Crippen molar-refractivity contribution in [1.29, 1.82) is 0 Å². The van der Waals surface area contributed by atoms with Crippen molar-refractivity contribution in [2.45, 2.75) is 12.5 Å². The molecule has 98 valence electrons. The van der Waals surface area contributed by atoms with Crippen LogP contribution in [0.5, 0.6) is 5.75 Å². The van der Waals surface area contributed by atoms with Crippen molar-refractivity contribution in [3.05, 3.63) is 28.1 Å². The number of halogens is 1. The molecule has 5 nitrogen and oxygen atoms in total. The zero-order valence-corrected chi connectivity index (χ0v) is 10.6. The Balaban J connectivity index is 2.27. The third-order valence-corrected chi connectivity index (χ3v) is 3.92. The number of anilines is 1. The van der Waals surface area contributed by atoms with E-state index in [-0.39, 0.29) is 23.2 Å². The van der Waals surface area contributed by atoms with Crippen molar-refractivity contribution in [2.24, 2.45) is 0 Å². The van der Waals surface area contributed by atoms with Crippen LogP contribution in [0.3, 0.4) is 0 Å². The number of nitrogens with zero attached hydrogens (tertiary/aromatic N) is 1. The van der Waals surface area contributed by atoms with Gasteiger partial charge in [0.1, 0.15) is 0 Å². The summed E-state index contributed by atoms with van der Waals surface area (Å²) in [5, 5.41) is 13.8. The summed E-state index contributed by atoms with van der Waals surface area (Å²) in [6.45, 7) is 0. The SMILES string of the molecule is COc1cc(NC2CCSC2)c(F)cc1[N+](=O)[O-]. The van der Waals surface area contributed by atoms with Crippen molar-refractivity contribution in [1.82, 2.24) is 0 Å². The van der Waals surface area contributed by atoms with Crippen molar-refractivity contribution in [3.8, 4) is 5.75 Å². The van der Waals surface area contributed by atoms with Crippen molar-refractivity contribution in [2.75, 3.05) is 23.9 Å².